The molecule has 1 heterocycles. The SMILES string of the molecule is Cc1ccc(-c2cc(/C=C/C#N)nn2-c2ccc(SOON)cc2)cc1. The predicted octanol–water partition coefficient (Wildman–Crippen LogP) is 4.21. The Morgan fingerprint density at radius 2 is 1.88 bits per heavy atom. The summed E-state index contributed by atoms with van der Waals surface area (Å²) < 4.78 is 6.49. The van der Waals surface area contributed by atoms with E-state index in [1.807, 2.05) is 48.0 Å². The van der Waals surface area contributed by atoms with Crippen LogP contribution in [0.5, 0.6) is 0 Å². The van der Waals surface area contributed by atoms with Crippen LogP contribution in [0.15, 0.2) is 65.6 Å². The molecule has 7 heteroatoms. The van der Waals surface area contributed by atoms with E-state index >= 15 is 0 Å². The lowest BCUT2D eigenvalue weighted by Gasteiger charge is -2.08. The zero-order valence-electron chi connectivity index (χ0n) is 14.0. The highest BCUT2D eigenvalue weighted by Gasteiger charge is 2.11. The average molecular weight is 364 g/mol. The summed E-state index contributed by atoms with van der Waals surface area (Å²) in [6.07, 6.45) is 3.10. The van der Waals surface area contributed by atoms with Crippen LogP contribution in [-0.2, 0) is 9.32 Å². The summed E-state index contributed by atoms with van der Waals surface area (Å²) in [5.41, 5.74) is 4.76. The topological polar surface area (TPSA) is 86.1 Å². The Morgan fingerprint density at radius 3 is 2.54 bits per heavy atom. The zero-order chi connectivity index (χ0) is 18.4. The maximum Gasteiger partial charge on any atom is 0.0912 e. The summed E-state index contributed by atoms with van der Waals surface area (Å²) in [5, 5.41) is 13.4. The molecular weight excluding hydrogens is 348 g/mol. The van der Waals surface area contributed by atoms with E-state index < -0.39 is 0 Å². The number of nitrogens with two attached hydrogens (primary N) is 1. The van der Waals surface area contributed by atoms with Gasteiger partial charge < -0.3 is 0 Å². The Bertz CT molecular complexity index is 941. The highest BCUT2D eigenvalue weighted by atomic mass is 32.2. The first kappa shape index (κ1) is 17.9. The zero-order valence-corrected chi connectivity index (χ0v) is 14.8. The molecule has 0 atom stereocenters. The maximum atomic E-state index is 8.77. The first-order valence-corrected chi connectivity index (χ1v) is 8.49. The molecule has 26 heavy (non-hydrogen) atoms. The van der Waals surface area contributed by atoms with Gasteiger partial charge in [0.15, 0.2) is 0 Å². The van der Waals surface area contributed by atoms with Crippen molar-refractivity contribution in [1.29, 1.82) is 5.26 Å². The van der Waals surface area contributed by atoms with E-state index in [9.17, 15) is 0 Å². The van der Waals surface area contributed by atoms with Crippen LogP contribution in [-0.4, -0.2) is 9.78 Å². The largest absolute Gasteiger partial charge is 0.233 e. The average Bonchev–Trinajstić information content (AvgIpc) is 3.10. The highest BCUT2D eigenvalue weighted by Crippen LogP contribution is 2.27. The van der Waals surface area contributed by atoms with Crippen LogP contribution in [0.2, 0.25) is 0 Å². The molecule has 0 saturated heterocycles. The van der Waals surface area contributed by atoms with Crippen LogP contribution in [0, 0.1) is 18.3 Å². The van der Waals surface area contributed by atoms with E-state index in [-0.39, 0.29) is 0 Å². The van der Waals surface area contributed by atoms with Gasteiger partial charge in [0.1, 0.15) is 0 Å². The third-order valence-electron chi connectivity index (χ3n) is 3.66. The first-order chi connectivity index (χ1) is 12.7. The van der Waals surface area contributed by atoms with Gasteiger partial charge in [0.2, 0.25) is 0 Å². The number of aromatic nitrogens is 2. The molecule has 3 rings (SSSR count). The van der Waals surface area contributed by atoms with Crippen LogP contribution in [0.25, 0.3) is 23.0 Å². The van der Waals surface area contributed by atoms with Crippen LogP contribution < -0.4 is 5.90 Å². The molecule has 2 aromatic carbocycles. The lowest BCUT2D eigenvalue weighted by Crippen LogP contribution is -1.99. The van der Waals surface area contributed by atoms with E-state index in [0.717, 1.165) is 33.9 Å². The predicted molar refractivity (Wildman–Crippen MR) is 101 cm³/mol. The van der Waals surface area contributed by atoms with Crippen LogP contribution >= 0.6 is 12.0 Å². The van der Waals surface area contributed by atoms with Crippen molar-refractivity contribution in [2.75, 3.05) is 0 Å². The second-order valence-electron chi connectivity index (χ2n) is 5.44. The van der Waals surface area contributed by atoms with Gasteiger partial charge in [-0.25, -0.2) is 4.68 Å². The summed E-state index contributed by atoms with van der Waals surface area (Å²) in [5.74, 6) is 4.85. The van der Waals surface area contributed by atoms with Crippen molar-refractivity contribution >= 4 is 18.1 Å². The van der Waals surface area contributed by atoms with Crippen molar-refractivity contribution in [3.63, 3.8) is 0 Å². The van der Waals surface area contributed by atoms with Crippen LogP contribution in [0.4, 0.5) is 0 Å². The molecule has 0 saturated carbocycles. The van der Waals surface area contributed by atoms with Gasteiger partial charge in [-0.3, -0.25) is 0 Å². The fourth-order valence-corrected chi connectivity index (χ4v) is 2.80. The Kier molecular flexibility index (Phi) is 5.84. The van der Waals surface area contributed by atoms with Gasteiger partial charge in [-0.15, -0.1) is 9.32 Å². The highest BCUT2D eigenvalue weighted by molar-refractivity contribution is 7.94. The standard InChI is InChI=1S/C19H16N4O2S/c1-14-4-6-15(7-5-14)19-13-16(3-2-12-20)22-23(19)17-8-10-18(11-9-17)26-25-24-21/h2-11,13H,21H2,1H3/b3-2+. The molecule has 0 radical (unpaired) electrons. The fraction of sp³-hybridized carbons (Fsp3) is 0.0526. The molecule has 0 spiro atoms. The second kappa shape index (κ2) is 8.47. The smallest absolute Gasteiger partial charge is 0.0912 e. The van der Waals surface area contributed by atoms with E-state index in [1.54, 1.807) is 6.08 Å². The quantitative estimate of drug-likeness (QED) is 0.305. The van der Waals surface area contributed by atoms with Crippen molar-refractivity contribution in [2.45, 2.75) is 11.8 Å². The lowest BCUT2D eigenvalue weighted by atomic mass is 10.1. The Balaban J connectivity index is 2.01. The molecule has 0 bridgehead atoms. The Hall–Kier alpha value is -2.89. The van der Waals surface area contributed by atoms with Gasteiger partial charge in [-0.1, -0.05) is 29.8 Å². The first-order valence-electron chi connectivity index (χ1n) is 7.75. The van der Waals surface area contributed by atoms with Crippen molar-refractivity contribution in [1.82, 2.24) is 9.78 Å². The fourth-order valence-electron chi connectivity index (χ4n) is 2.43. The Morgan fingerprint density at radius 1 is 1.15 bits per heavy atom. The molecule has 0 aliphatic rings. The van der Waals surface area contributed by atoms with Crippen molar-refractivity contribution in [3.05, 3.63) is 71.9 Å². The van der Waals surface area contributed by atoms with Crippen molar-refractivity contribution in [2.24, 2.45) is 5.90 Å². The second-order valence-corrected chi connectivity index (χ2v) is 6.21. The Labute approximate surface area is 155 Å². The molecule has 0 aliphatic carbocycles. The summed E-state index contributed by atoms with van der Waals surface area (Å²) in [6, 6.07) is 19.8. The van der Waals surface area contributed by atoms with Gasteiger partial charge in [-0.05, 0) is 43.3 Å². The molecule has 2 N–H and O–H groups in total. The number of nitrogens with zero attached hydrogens (tertiary/aromatic N) is 3. The summed E-state index contributed by atoms with van der Waals surface area (Å²) in [6.45, 7) is 2.05. The number of allylic oxidation sites excluding steroid dienone is 1. The van der Waals surface area contributed by atoms with Gasteiger partial charge in [0, 0.05) is 16.5 Å². The minimum atomic E-state index is 0.709. The van der Waals surface area contributed by atoms with E-state index in [1.165, 1.54) is 11.6 Å². The minimum absolute atomic E-state index is 0.709. The van der Waals surface area contributed by atoms with E-state index in [4.69, 9.17) is 11.2 Å². The molecule has 0 aliphatic heterocycles. The molecule has 130 valence electrons. The number of hydrogen-bond acceptors (Lipinski definition) is 6. The summed E-state index contributed by atoms with van der Waals surface area (Å²) >= 11 is 1.02. The minimum Gasteiger partial charge on any atom is -0.233 e. The van der Waals surface area contributed by atoms with Crippen molar-refractivity contribution < 1.29 is 9.32 Å². The maximum absolute atomic E-state index is 8.77. The third-order valence-corrected chi connectivity index (χ3v) is 4.27. The van der Waals surface area contributed by atoms with Crippen LogP contribution in [0.3, 0.4) is 0 Å². The molecule has 1 aromatic heterocycles. The number of aryl methyl sites for hydroxylation is 1. The van der Waals surface area contributed by atoms with Gasteiger partial charge in [0.05, 0.1) is 35.2 Å². The molecule has 0 amide bonds. The van der Waals surface area contributed by atoms with E-state index in [0.29, 0.717) is 5.69 Å². The van der Waals surface area contributed by atoms with E-state index in [2.05, 4.69) is 38.7 Å². The monoisotopic (exact) mass is 364 g/mol. The third kappa shape index (κ3) is 4.20. The van der Waals surface area contributed by atoms with Gasteiger partial charge in [0.25, 0.3) is 0 Å². The van der Waals surface area contributed by atoms with Crippen LogP contribution in [0.1, 0.15) is 11.3 Å². The molecule has 3 aromatic rings. The number of hydrogen-bond donors (Lipinski definition) is 1. The molecular formula is C19H16N4O2S. The van der Waals surface area contributed by atoms with Gasteiger partial charge in [-0.2, -0.15) is 16.3 Å². The van der Waals surface area contributed by atoms with Crippen molar-refractivity contribution in [3.8, 4) is 23.0 Å². The molecule has 6 nitrogen and oxygen atoms in total. The number of rotatable bonds is 6. The molecule has 0 unspecified atom stereocenters. The van der Waals surface area contributed by atoms with Gasteiger partial charge >= 0.3 is 0 Å². The number of benzene rings is 2. The molecule has 0 fully saturated rings. The summed E-state index contributed by atoms with van der Waals surface area (Å²) in [4.78, 5) is 4.94. The normalized spacial score (nSPS) is 11.0. The lowest BCUT2D eigenvalue weighted by molar-refractivity contribution is -0.195. The number of nitriles is 1. The summed E-state index contributed by atoms with van der Waals surface area (Å²) in [7, 11) is 0.